The number of carbonyl (C=O) groups excluding carboxylic acids is 2. The van der Waals surface area contributed by atoms with Crippen LogP contribution < -0.4 is 4.84 Å². The fraction of sp³-hybridized carbons (Fsp3) is 0.704. The molecule has 186 valence electrons. The van der Waals surface area contributed by atoms with E-state index in [4.69, 9.17) is 11.8 Å². The molecular formula is C27H37ClFN3O2. The summed E-state index contributed by atoms with van der Waals surface area (Å²) in [6, 6.07) is 6.51. The monoisotopic (exact) mass is 489 g/mol. The molecule has 2 amide bonds. The number of halogens is 2. The van der Waals surface area contributed by atoms with Gasteiger partial charge < -0.3 is 9.80 Å². The number of rotatable bonds is 6. The van der Waals surface area contributed by atoms with E-state index >= 15 is 0 Å². The molecule has 1 aromatic carbocycles. The maximum absolute atomic E-state index is 14.2. The molecular weight excluding hydrogens is 453 g/mol. The van der Waals surface area contributed by atoms with Crippen molar-refractivity contribution in [3.05, 3.63) is 35.6 Å². The van der Waals surface area contributed by atoms with Crippen LogP contribution in [0, 0.1) is 17.2 Å². The Morgan fingerprint density at radius 2 is 1.56 bits per heavy atom. The van der Waals surface area contributed by atoms with E-state index in [1.165, 1.54) is 31.4 Å². The number of fused-ring (bicyclic) bond motifs is 2. The lowest BCUT2D eigenvalue weighted by atomic mass is 9.63. The van der Waals surface area contributed by atoms with Crippen molar-refractivity contribution in [2.24, 2.45) is 11.3 Å². The van der Waals surface area contributed by atoms with Crippen molar-refractivity contribution < 1.29 is 14.0 Å². The van der Waals surface area contributed by atoms with Crippen molar-refractivity contribution in [3.8, 4) is 0 Å². The molecule has 1 saturated carbocycles. The van der Waals surface area contributed by atoms with E-state index in [-0.39, 0.29) is 17.1 Å². The largest absolute Gasteiger partial charge is 0.341 e. The summed E-state index contributed by atoms with van der Waals surface area (Å²) in [6.07, 6.45) is 12.5. The van der Waals surface area contributed by atoms with E-state index in [0.717, 1.165) is 56.9 Å². The predicted octanol–water partition coefficient (Wildman–Crippen LogP) is 4.82. The first-order valence-corrected chi connectivity index (χ1v) is 13.6. The first-order valence-electron chi connectivity index (χ1n) is 13.2. The van der Waals surface area contributed by atoms with Crippen molar-refractivity contribution >= 4 is 23.6 Å². The minimum absolute atomic E-state index is 0.0368. The molecule has 1 atom stereocenters. The third-order valence-corrected chi connectivity index (χ3v) is 9.51. The summed E-state index contributed by atoms with van der Waals surface area (Å²) >= 11 is 5.98. The summed E-state index contributed by atoms with van der Waals surface area (Å²) in [4.78, 5) is 34.3. The van der Waals surface area contributed by atoms with Gasteiger partial charge in [0.25, 0.3) is 0 Å². The lowest BCUT2D eigenvalue weighted by Gasteiger charge is -2.49. The average molecular weight is 490 g/mol. The van der Waals surface area contributed by atoms with Crippen LogP contribution in [0.4, 0.5) is 4.39 Å². The highest BCUT2D eigenvalue weighted by Crippen LogP contribution is 2.50. The zero-order valence-corrected chi connectivity index (χ0v) is 20.7. The van der Waals surface area contributed by atoms with Crippen molar-refractivity contribution in [1.29, 1.82) is 0 Å². The normalized spacial score (nSPS) is 27.7. The number of nitrogens with one attached hydrogen (secondary N) is 1. The van der Waals surface area contributed by atoms with Crippen molar-refractivity contribution in [3.63, 3.8) is 0 Å². The van der Waals surface area contributed by atoms with Crippen LogP contribution in [0.2, 0.25) is 0 Å². The molecule has 34 heavy (non-hydrogen) atoms. The van der Waals surface area contributed by atoms with Crippen LogP contribution in [0.3, 0.4) is 0 Å². The van der Waals surface area contributed by atoms with Gasteiger partial charge in [0.1, 0.15) is 11.9 Å². The topological polar surface area (TPSA) is 52.7 Å². The number of piperidine rings is 1. The van der Waals surface area contributed by atoms with Crippen LogP contribution in [0.5, 0.6) is 0 Å². The number of hydrogen-bond donors (Lipinski definition) is 1. The number of hydrogen-bond acceptors (Lipinski definition) is 3. The molecule has 1 aromatic rings. The second kappa shape index (κ2) is 10.1. The lowest BCUT2D eigenvalue weighted by Crippen LogP contribution is -2.57. The fourth-order valence-corrected chi connectivity index (χ4v) is 7.50. The summed E-state index contributed by atoms with van der Waals surface area (Å²) in [5.74, 6) is 0.504. The highest BCUT2D eigenvalue weighted by Gasteiger charge is 2.54. The van der Waals surface area contributed by atoms with Gasteiger partial charge in [0.2, 0.25) is 11.8 Å². The molecule has 0 unspecified atom stereocenters. The Kier molecular flexibility index (Phi) is 7.17. The van der Waals surface area contributed by atoms with Gasteiger partial charge in [-0.2, -0.15) is 0 Å². The van der Waals surface area contributed by atoms with Gasteiger partial charge in [0.15, 0.2) is 0 Å². The van der Waals surface area contributed by atoms with E-state index in [0.29, 0.717) is 43.4 Å². The van der Waals surface area contributed by atoms with E-state index in [1.807, 2.05) is 4.90 Å². The van der Waals surface area contributed by atoms with Crippen LogP contribution >= 0.6 is 11.8 Å². The molecule has 1 aliphatic carbocycles. The van der Waals surface area contributed by atoms with E-state index in [1.54, 1.807) is 12.1 Å². The van der Waals surface area contributed by atoms with Crippen LogP contribution in [0.1, 0.15) is 76.2 Å². The van der Waals surface area contributed by atoms with Gasteiger partial charge in [-0.15, -0.1) is 0 Å². The van der Waals surface area contributed by atoms with Crippen LogP contribution in [0.25, 0.3) is 0 Å². The highest BCUT2D eigenvalue weighted by atomic mass is 35.5. The van der Waals surface area contributed by atoms with Gasteiger partial charge in [0.05, 0.1) is 5.41 Å². The molecule has 2 bridgehead atoms. The molecule has 0 radical (unpaired) electrons. The highest BCUT2D eigenvalue weighted by molar-refractivity contribution is 6.15. The molecule has 3 heterocycles. The third-order valence-electron chi connectivity index (χ3n) is 9.25. The number of carbonyl (C=O) groups is 2. The predicted molar refractivity (Wildman–Crippen MR) is 131 cm³/mol. The summed E-state index contributed by atoms with van der Waals surface area (Å²) in [6.45, 7) is 1.20. The second-order valence-electron chi connectivity index (χ2n) is 11.0. The Morgan fingerprint density at radius 3 is 2.12 bits per heavy atom. The van der Waals surface area contributed by atoms with Gasteiger partial charge in [-0.05, 0) is 93.2 Å². The van der Waals surface area contributed by atoms with Crippen LogP contribution in [0.15, 0.2) is 24.3 Å². The van der Waals surface area contributed by atoms with Gasteiger partial charge in [-0.25, -0.2) is 9.23 Å². The smallest absolute Gasteiger partial charge is 0.241 e. The maximum atomic E-state index is 14.2. The van der Waals surface area contributed by atoms with Crippen molar-refractivity contribution in [1.82, 2.24) is 14.6 Å². The Labute approximate surface area is 207 Å². The second-order valence-corrected chi connectivity index (χ2v) is 11.2. The molecule has 3 saturated heterocycles. The number of amides is 2. The summed E-state index contributed by atoms with van der Waals surface area (Å²) in [5, 5.41) is 0. The van der Waals surface area contributed by atoms with Gasteiger partial charge in [-0.1, -0.05) is 31.4 Å². The molecule has 0 spiro atoms. The molecule has 3 aliphatic heterocycles. The Bertz CT molecular complexity index is 860. The molecule has 5 rings (SSSR count). The molecule has 1 N–H and O–H groups in total. The molecule has 4 aliphatic rings. The lowest BCUT2D eigenvalue weighted by molar-refractivity contribution is -0.155. The van der Waals surface area contributed by atoms with E-state index in [2.05, 4.69) is 9.74 Å². The average Bonchev–Trinajstić information content (AvgIpc) is 3.49. The maximum Gasteiger partial charge on any atom is 0.241 e. The van der Waals surface area contributed by atoms with Crippen molar-refractivity contribution in [2.75, 3.05) is 13.1 Å². The molecule has 4 fully saturated rings. The summed E-state index contributed by atoms with van der Waals surface area (Å²) in [5.41, 5.74) is 0.546. The Balaban J connectivity index is 1.29. The Hall–Kier alpha value is -1.66. The van der Waals surface area contributed by atoms with Gasteiger partial charge >= 0.3 is 0 Å². The van der Waals surface area contributed by atoms with E-state index in [9.17, 15) is 14.0 Å². The number of likely N-dealkylation sites (tertiary alicyclic amines) is 1. The zero-order chi connectivity index (χ0) is 23.7. The quantitative estimate of drug-likeness (QED) is 0.583. The van der Waals surface area contributed by atoms with Crippen LogP contribution in [-0.2, 0) is 16.0 Å². The number of benzene rings is 1. The third kappa shape index (κ3) is 4.48. The zero-order valence-electron chi connectivity index (χ0n) is 20.0. The Morgan fingerprint density at radius 1 is 0.971 bits per heavy atom. The van der Waals surface area contributed by atoms with Crippen LogP contribution in [-0.4, -0.2) is 52.8 Å². The first kappa shape index (κ1) is 24.1. The minimum atomic E-state index is -0.570. The minimum Gasteiger partial charge on any atom is -0.341 e. The molecule has 7 heteroatoms. The molecule has 0 aromatic heterocycles. The first-order chi connectivity index (χ1) is 16.5. The standard InChI is InChI=1S/C27H37ClFN3O2/c28-30-24(18-19-6-8-21(29)9-7-19)25(33)31-16-14-27(15-17-31,20-4-2-1-3-5-20)26(34)32-22-10-11-23(32)13-12-22/h6-9,20,22-24,30H,1-5,10-18H2/t22?,23?,24-/m1/s1. The SMILES string of the molecule is O=C([C@@H](Cc1ccc(F)cc1)NCl)N1CCC(C(=O)N2C3CCC2CC3)(C2CCCCC2)CC1. The van der Waals surface area contributed by atoms with Crippen molar-refractivity contribution in [2.45, 2.75) is 95.2 Å². The van der Waals surface area contributed by atoms with Gasteiger partial charge in [-0.3, -0.25) is 9.59 Å². The fourth-order valence-electron chi connectivity index (χ4n) is 7.33. The van der Waals surface area contributed by atoms with Gasteiger partial charge in [0, 0.05) is 25.2 Å². The summed E-state index contributed by atoms with van der Waals surface area (Å²) in [7, 11) is 0. The molecule has 5 nitrogen and oxygen atoms in total. The van der Waals surface area contributed by atoms with E-state index < -0.39 is 6.04 Å². The summed E-state index contributed by atoms with van der Waals surface area (Å²) < 4.78 is 13.3. The number of nitrogens with zero attached hydrogens (tertiary/aromatic N) is 2.